The molecule has 0 aliphatic heterocycles. The van der Waals surface area contributed by atoms with Crippen LogP contribution in [-0.4, -0.2) is 22.7 Å². The summed E-state index contributed by atoms with van der Waals surface area (Å²) >= 11 is 3.50. The van der Waals surface area contributed by atoms with E-state index in [1.165, 1.54) is 24.8 Å². The van der Waals surface area contributed by atoms with E-state index in [4.69, 9.17) is 0 Å². The highest BCUT2D eigenvalue weighted by molar-refractivity contribution is 9.09. The summed E-state index contributed by atoms with van der Waals surface area (Å²) in [5, 5.41) is 0.862. The number of carbonyl (C=O) groups excluding carboxylic acids is 1. The highest BCUT2D eigenvalue weighted by atomic mass is 79.9. The molecule has 4 rings (SSSR count). The van der Waals surface area contributed by atoms with Crippen LogP contribution in [0.2, 0.25) is 0 Å². The molecule has 21 heavy (non-hydrogen) atoms. The fraction of sp³-hybridized carbons (Fsp3) is 0.611. The molecule has 3 fully saturated rings. The van der Waals surface area contributed by atoms with Gasteiger partial charge in [-0.25, -0.2) is 0 Å². The Balaban J connectivity index is 1.46. The van der Waals surface area contributed by atoms with Gasteiger partial charge in [0, 0.05) is 24.3 Å². The van der Waals surface area contributed by atoms with Gasteiger partial charge in [0.2, 0.25) is 5.91 Å². The summed E-state index contributed by atoms with van der Waals surface area (Å²) in [4.78, 5) is 15.0. The van der Waals surface area contributed by atoms with Crippen LogP contribution in [0.15, 0.2) is 30.3 Å². The van der Waals surface area contributed by atoms with E-state index in [0.717, 1.165) is 42.1 Å². The lowest BCUT2D eigenvalue weighted by molar-refractivity contribution is -0.134. The van der Waals surface area contributed by atoms with Gasteiger partial charge in [-0.2, -0.15) is 0 Å². The lowest BCUT2D eigenvalue weighted by Gasteiger charge is -2.23. The quantitative estimate of drug-likeness (QED) is 0.743. The van der Waals surface area contributed by atoms with Crippen LogP contribution in [0.4, 0.5) is 0 Å². The number of fused-ring (bicyclic) bond motifs is 5. The van der Waals surface area contributed by atoms with Crippen molar-refractivity contribution in [1.29, 1.82) is 0 Å². The fourth-order valence-electron chi connectivity index (χ4n) is 5.04. The zero-order chi connectivity index (χ0) is 14.4. The Labute approximate surface area is 135 Å². The Hall–Kier alpha value is -0.830. The molecule has 0 N–H and O–H groups in total. The molecule has 4 atom stereocenters. The number of halogens is 1. The van der Waals surface area contributed by atoms with E-state index in [0.29, 0.717) is 11.8 Å². The average Bonchev–Trinajstić information content (AvgIpc) is 2.94. The summed E-state index contributed by atoms with van der Waals surface area (Å²) in [6, 6.07) is 10.4. The minimum Gasteiger partial charge on any atom is -0.337 e. The van der Waals surface area contributed by atoms with E-state index < -0.39 is 0 Å². The molecule has 4 unspecified atom stereocenters. The lowest BCUT2D eigenvalue weighted by Crippen LogP contribution is -2.35. The molecule has 3 saturated carbocycles. The van der Waals surface area contributed by atoms with Gasteiger partial charge in [-0.1, -0.05) is 46.3 Å². The predicted octanol–water partition coefficient (Wildman–Crippen LogP) is 3.70. The number of hydrogen-bond donors (Lipinski definition) is 0. The normalized spacial score (nSPS) is 35.6. The molecule has 1 aromatic rings. The third-order valence-corrected chi connectivity index (χ3v) is 6.26. The summed E-state index contributed by atoms with van der Waals surface area (Å²) in [6.45, 7) is 1.58. The second kappa shape index (κ2) is 5.42. The molecule has 1 amide bonds. The van der Waals surface area contributed by atoms with Crippen molar-refractivity contribution in [2.75, 3.05) is 11.9 Å². The lowest BCUT2D eigenvalue weighted by atomic mass is 10.0. The fourth-order valence-corrected chi connectivity index (χ4v) is 5.47. The number of hydrogen-bond acceptors (Lipinski definition) is 1. The Morgan fingerprint density at radius 1 is 1.14 bits per heavy atom. The summed E-state index contributed by atoms with van der Waals surface area (Å²) in [5.74, 6) is 4.01. The largest absolute Gasteiger partial charge is 0.337 e. The maximum Gasteiger partial charge on any atom is 0.226 e. The number of rotatable bonds is 5. The van der Waals surface area contributed by atoms with Crippen molar-refractivity contribution >= 4 is 21.8 Å². The minimum absolute atomic E-state index is 0.360. The molecule has 2 bridgehead atoms. The number of carbonyl (C=O) groups is 1. The molecule has 3 aliphatic rings. The van der Waals surface area contributed by atoms with E-state index in [9.17, 15) is 4.79 Å². The van der Waals surface area contributed by atoms with Gasteiger partial charge in [-0.15, -0.1) is 0 Å². The molecule has 3 aliphatic carbocycles. The van der Waals surface area contributed by atoms with E-state index in [-0.39, 0.29) is 0 Å². The molecule has 0 aromatic heterocycles. The molecule has 1 aromatic carbocycles. The zero-order valence-electron chi connectivity index (χ0n) is 12.2. The monoisotopic (exact) mass is 347 g/mol. The predicted molar refractivity (Wildman–Crippen MR) is 87.0 cm³/mol. The molecule has 3 heteroatoms. The van der Waals surface area contributed by atoms with Crippen molar-refractivity contribution in [1.82, 2.24) is 4.90 Å². The van der Waals surface area contributed by atoms with Crippen molar-refractivity contribution < 1.29 is 4.79 Å². The Morgan fingerprint density at radius 3 is 2.43 bits per heavy atom. The van der Waals surface area contributed by atoms with Gasteiger partial charge < -0.3 is 4.90 Å². The second-order valence-electron chi connectivity index (χ2n) is 6.95. The van der Waals surface area contributed by atoms with Crippen LogP contribution in [0.5, 0.6) is 0 Å². The van der Waals surface area contributed by atoms with Crippen molar-refractivity contribution in [2.45, 2.75) is 25.8 Å². The molecule has 0 heterocycles. The average molecular weight is 348 g/mol. The van der Waals surface area contributed by atoms with Gasteiger partial charge in [0.15, 0.2) is 0 Å². The summed E-state index contributed by atoms with van der Waals surface area (Å²) in [5.41, 5.74) is 1.24. The van der Waals surface area contributed by atoms with Crippen LogP contribution in [-0.2, 0) is 11.3 Å². The number of benzene rings is 1. The highest BCUT2D eigenvalue weighted by Crippen LogP contribution is 2.69. The topological polar surface area (TPSA) is 20.3 Å². The van der Waals surface area contributed by atoms with Gasteiger partial charge in [-0.05, 0) is 48.5 Å². The van der Waals surface area contributed by atoms with E-state index in [1.807, 2.05) is 6.07 Å². The third kappa shape index (κ3) is 2.34. The van der Waals surface area contributed by atoms with Crippen molar-refractivity contribution in [2.24, 2.45) is 29.6 Å². The molecule has 0 spiro atoms. The van der Waals surface area contributed by atoms with Crippen molar-refractivity contribution in [3.8, 4) is 0 Å². The second-order valence-corrected chi connectivity index (χ2v) is 7.74. The summed E-state index contributed by atoms with van der Waals surface area (Å²) < 4.78 is 0. The molecule has 2 nitrogen and oxygen atoms in total. The van der Waals surface area contributed by atoms with Crippen LogP contribution >= 0.6 is 15.9 Å². The standard InChI is InChI=1S/C18H22BrNO/c19-8-9-20(11-12-4-2-1-3-5-12)18(21)17-15-13-6-7-14(10-13)16(15)17/h1-5,13-17H,6-11H2. The molecule has 112 valence electrons. The smallest absolute Gasteiger partial charge is 0.226 e. The highest BCUT2D eigenvalue weighted by Gasteiger charge is 2.67. The first kappa shape index (κ1) is 13.8. The van der Waals surface area contributed by atoms with Gasteiger partial charge in [-0.3, -0.25) is 4.79 Å². The molecular formula is C18H22BrNO. The zero-order valence-corrected chi connectivity index (χ0v) is 13.8. The first-order valence-electron chi connectivity index (χ1n) is 8.18. The SMILES string of the molecule is O=C(C1C2C3CCC(C3)C12)N(CCBr)Cc1ccccc1. The third-order valence-electron chi connectivity index (χ3n) is 5.90. The van der Waals surface area contributed by atoms with Crippen molar-refractivity contribution in [3.05, 3.63) is 35.9 Å². The maximum absolute atomic E-state index is 12.9. The van der Waals surface area contributed by atoms with Crippen LogP contribution in [0.1, 0.15) is 24.8 Å². The minimum atomic E-state index is 0.360. The molecule has 0 saturated heterocycles. The van der Waals surface area contributed by atoms with Gasteiger partial charge >= 0.3 is 0 Å². The van der Waals surface area contributed by atoms with E-state index >= 15 is 0 Å². The molecular weight excluding hydrogens is 326 g/mol. The maximum atomic E-state index is 12.9. The summed E-state index contributed by atoms with van der Waals surface area (Å²) in [6.07, 6.45) is 4.18. The van der Waals surface area contributed by atoms with E-state index in [1.54, 1.807) is 0 Å². The van der Waals surface area contributed by atoms with Gasteiger partial charge in [0.05, 0.1) is 0 Å². The van der Waals surface area contributed by atoms with Gasteiger partial charge in [0.25, 0.3) is 0 Å². The van der Waals surface area contributed by atoms with Crippen LogP contribution in [0, 0.1) is 29.6 Å². The number of alkyl halides is 1. The van der Waals surface area contributed by atoms with Crippen LogP contribution in [0.25, 0.3) is 0 Å². The molecule has 0 radical (unpaired) electrons. The Morgan fingerprint density at radius 2 is 1.81 bits per heavy atom. The van der Waals surface area contributed by atoms with Crippen molar-refractivity contribution in [3.63, 3.8) is 0 Å². The Bertz CT molecular complexity index is 515. The van der Waals surface area contributed by atoms with Crippen LogP contribution < -0.4 is 0 Å². The van der Waals surface area contributed by atoms with Crippen LogP contribution in [0.3, 0.4) is 0 Å². The van der Waals surface area contributed by atoms with Gasteiger partial charge in [0.1, 0.15) is 0 Å². The number of amides is 1. The number of nitrogens with zero attached hydrogens (tertiary/aromatic N) is 1. The Kier molecular flexibility index (Phi) is 3.56. The first-order chi connectivity index (χ1) is 10.3. The first-order valence-corrected chi connectivity index (χ1v) is 9.30. The van der Waals surface area contributed by atoms with E-state index in [2.05, 4.69) is 45.1 Å². The summed E-state index contributed by atoms with van der Waals surface area (Å²) in [7, 11) is 0.